The molecule has 0 spiro atoms. The van der Waals surface area contributed by atoms with Crippen LogP contribution in [0.5, 0.6) is 5.75 Å². The summed E-state index contributed by atoms with van der Waals surface area (Å²) >= 11 is 12.3. The molecule has 0 aromatic heterocycles. The van der Waals surface area contributed by atoms with E-state index in [-0.39, 0.29) is 32.8 Å². The Morgan fingerprint density at radius 1 is 1.15 bits per heavy atom. The van der Waals surface area contributed by atoms with E-state index in [1.54, 1.807) is 12.1 Å². The monoisotopic (exact) mass is 501 g/mol. The summed E-state index contributed by atoms with van der Waals surface area (Å²) in [6.07, 6.45) is 2.38. The highest BCUT2D eigenvalue weighted by molar-refractivity contribution is 6.46. The number of urea groups is 1. The number of rotatable bonds is 3. The Hall–Kier alpha value is -3.03. The lowest BCUT2D eigenvalue weighted by Gasteiger charge is -2.45. The third-order valence-corrected chi connectivity index (χ3v) is 7.37. The van der Waals surface area contributed by atoms with Gasteiger partial charge in [-0.2, -0.15) is 0 Å². The Labute approximate surface area is 208 Å². The maximum atomic E-state index is 13.3. The molecule has 7 nitrogen and oxygen atoms in total. The van der Waals surface area contributed by atoms with Crippen molar-refractivity contribution in [3.05, 3.63) is 57.1 Å². The van der Waals surface area contributed by atoms with E-state index in [2.05, 4.69) is 31.0 Å². The number of amides is 4. The van der Waals surface area contributed by atoms with Crippen molar-refractivity contribution in [2.75, 3.05) is 24.0 Å². The van der Waals surface area contributed by atoms with Crippen LogP contribution in [-0.2, 0) is 9.59 Å². The maximum absolute atomic E-state index is 13.3. The minimum absolute atomic E-state index is 0.0340. The van der Waals surface area contributed by atoms with Gasteiger partial charge in [0.1, 0.15) is 11.3 Å². The Kier molecular flexibility index (Phi) is 6.12. The lowest BCUT2D eigenvalue weighted by molar-refractivity contribution is -0.122. The molecule has 1 N–H and O–H groups in total. The summed E-state index contributed by atoms with van der Waals surface area (Å²) in [6.45, 7) is 6.52. The van der Waals surface area contributed by atoms with Crippen LogP contribution in [0.2, 0.25) is 10.0 Å². The summed E-state index contributed by atoms with van der Waals surface area (Å²) in [5, 5.41) is 2.42. The van der Waals surface area contributed by atoms with Gasteiger partial charge in [-0.05, 0) is 56.0 Å². The largest absolute Gasteiger partial charge is 0.496 e. The summed E-state index contributed by atoms with van der Waals surface area (Å²) < 4.78 is 5.61. The molecule has 9 heteroatoms. The average molecular weight is 502 g/mol. The molecule has 2 aromatic rings. The molecule has 2 aliphatic rings. The molecule has 4 rings (SSSR count). The molecular formula is C25H25Cl2N3O4. The fraction of sp³-hybridized carbons (Fsp3) is 0.320. The van der Waals surface area contributed by atoms with E-state index in [9.17, 15) is 14.4 Å². The SMILES string of the molecule is COc1cc2c(cc1/C=C1/C(=O)NC(=O)N(c3cccc(Cl)c3Cl)C1=O)C(C)CC(C)(C)N2C. The standard InChI is InChI=1S/C25H25Cl2N3O4/c1-13-12-25(2,3)29(4)19-11-20(34-5)14(9-15(13)19)10-16-22(31)28-24(33)30(23(16)32)18-8-6-7-17(26)21(18)27/h6-11,13H,12H2,1-5H3,(H,28,31,33)/b16-10-. The molecule has 1 atom stereocenters. The Balaban J connectivity index is 1.82. The first-order valence-electron chi connectivity index (χ1n) is 10.8. The number of hydrogen-bond donors (Lipinski definition) is 1. The Bertz CT molecular complexity index is 1250. The van der Waals surface area contributed by atoms with Crippen molar-refractivity contribution in [2.45, 2.75) is 38.6 Å². The second-order valence-electron chi connectivity index (χ2n) is 9.16. The summed E-state index contributed by atoms with van der Waals surface area (Å²) in [7, 11) is 3.57. The number of halogens is 2. The fourth-order valence-electron chi connectivity index (χ4n) is 4.60. The molecule has 2 heterocycles. The number of methoxy groups -OCH3 is 1. The van der Waals surface area contributed by atoms with E-state index in [0.717, 1.165) is 22.6 Å². The van der Waals surface area contributed by atoms with E-state index < -0.39 is 17.8 Å². The van der Waals surface area contributed by atoms with Gasteiger partial charge in [0.25, 0.3) is 11.8 Å². The molecular weight excluding hydrogens is 477 g/mol. The minimum Gasteiger partial charge on any atom is -0.496 e. The van der Waals surface area contributed by atoms with Crippen LogP contribution in [-0.4, -0.2) is 37.5 Å². The van der Waals surface area contributed by atoms with Crippen LogP contribution in [0.1, 0.15) is 44.2 Å². The molecule has 34 heavy (non-hydrogen) atoms. The third kappa shape index (κ3) is 3.93. The molecule has 2 aliphatic heterocycles. The summed E-state index contributed by atoms with van der Waals surface area (Å²) in [6, 6.07) is 7.55. The number of carbonyl (C=O) groups excluding carboxylic acids is 3. The highest BCUT2D eigenvalue weighted by Gasteiger charge is 2.39. The van der Waals surface area contributed by atoms with Crippen molar-refractivity contribution < 1.29 is 19.1 Å². The number of nitrogens with one attached hydrogen (secondary N) is 1. The molecule has 0 aliphatic carbocycles. The van der Waals surface area contributed by atoms with Crippen LogP contribution in [0.25, 0.3) is 6.08 Å². The van der Waals surface area contributed by atoms with Gasteiger partial charge in [-0.15, -0.1) is 0 Å². The smallest absolute Gasteiger partial charge is 0.336 e. The highest BCUT2D eigenvalue weighted by Crippen LogP contribution is 2.45. The number of imide groups is 2. The molecule has 1 unspecified atom stereocenters. The van der Waals surface area contributed by atoms with Crippen LogP contribution in [0.3, 0.4) is 0 Å². The molecule has 0 radical (unpaired) electrons. The summed E-state index contributed by atoms with van der Waals surface area (Å²) in [4.78, 5) is 41.6. The second-order valence-corrected chi connectivity index (χ2v) is 9.95. The van der Waals surface area contributed by atoms with E-state index in [1.165, 1.54) is 19.3 Å². The Morgan fingerprint density at radius 2 is 1.85 bits per heavy atom. The molecule has 4 amide bonds. The number of benzene rings is 2. The maximum Gasteiger partial charge on any atom is 0.336 e. The molecule has 0 saturated carbocycles. The molecule has 0 bridgehead atoms. The quantitative estimate of drug-likeness (QED) is 0.450. The van der Waals surface area contributed by atoms with Gasteiger partial charge < -0.3 is 9.64 Å². The number of ether oxygens (including phenoxy) is 1. The van der Waals surface area contributed by atoms with Crippen molar-refractivity contribution >= 4 is 58.5 Å². The third-order valence-electron chi connectivity index (χ3n) is 6.56. The van der Waals surface area contributed by atoms with Crippen LogP contribution in [0.15, 0.2) is 35.9 Å². The van der Waals surface area contributed by atoms with Crippen molar-refractivity contribution in [1.29, 1.82) is 0 Å². The van der Waals surface area contributed by atoms with Gasteiger partial charge in [-0.1, -0.05) is 36.2 Å². The number of barbiturate groups is 1. The number of anilines is 2. The minimum atomic E-state index is -0.897. The highest BCUT2D eigenvalue weighted by atomic mass is 35.5. The van der Waals surface area contributed by atoms with Crippen LogP contribution < -0.4 is 19.9 Å². The van der Waals surface area contributed by atoms with Crippen molar-refractivity contribution in [1.82, 2.24) is 5.32 Å². The summed E-state index contributed by atoms with van der Waals surface area (Å²) in [5.74, 6) is -0.837. The van der Waals surface area contributed by atoms with E-state index in [4.69, 9.17) is 27.9 Å². The molecule has 1 saturated heterocycles. The van der Waals surface area contributed by atoms with Gasteiger partial charge in [-0.25, -0.2) is 9.69 Å². The average Bonchev–Trinajstić information content (AvgIpc) is 2.77. The van der Waals surface area contributed by atoms with Crippen molar-refractivity contribution in [3.63, 3.8) is 0 Å². The van der Waals surface area contributed by atoms with Gasteiger partial charge in [-0.3, -0.25) is 14.9 Å². The normalized spacial score (nSPS) is 21.0. The Morgan fingerprint density at radius 3 is 2.53 bits per heavy atom. The molecule has 2 aromatic carbocycles. The van der Waals surface area contributed by atoms with Crippen molar-refractivity contribution in [3.8, 4) is 5.75 Å². The predicted octanol–water partition coefficient (Wildman–Crippen LogP) is 5.39. The number of nitrogens with zero attached hydrogens (tertiary/aromatic N) is 2. The van der Waals surface area contributed by atoms with Crippen LogP contribution in [0, 0.1) is 0 Å². The summed E-state index contributed by atoms with van der Waals surface area (Å²) in [5.41, 5.74) is 2.52. The van der Waals surface area contributed by atoms with Gasteiger partial charge in [0.2, 0.25) is 0 Å². The zero-order valence-electron chi connectivity index (χ0n) is 19.5. The first kappa shape index (κ1) is 24.1. The lowest BCUT2D eigenvalue weighted by Crippen LogP contribution is -2.54. The van der Waals surface area contributed by atoms with Gasteiger partial charge >= 0.3 is 6.03 Å². The fourth-order valence-corrected chi connectivity index (χ4v) is 4.98. The first-order valence-corrected chi connectivity index (χ1v) is 11.5. The molecule has 178 valence electrons. The topological polar surface area (TPSA) is 79.0 Å². The number of fused-ring (bicyclic) bond motifs is 1. The van der Waals surface area contributed by atoms with Crippen LogP contribution >= 0.6 is 23.2 Å². The van der Waals surface area contributed by atoms with E-state index in [0.29, 0.717) is 11.3 Å². The second kappa shape index (κ2) is 8.64. The van der Waals surface area contributed by atoms with Gasteiger partial charge in [0.05, 0.1) is 22.8 Å². The van der Waals surface area contributed by atoms with E-state index >= 15 is 0 Å². The predicted molar refractivity (Wildman–Crippen MR) is 134 cm³/mol. The van der Waals surface area contributed by atoms with Crippen LogP contribution in [0.4, 0.5) is 16.2 Å². The van der Waals surface area contributed by atoms with Gasteiger partial charge in [0.15, 0.2) is 0 Å². The first-order chi connectivity index (χ1) is 16.0. The van der Waals surface area contributed by atoms with Crippen molar-refractivity contribution in [2.24, 2.45) is 0 Å². The zero-order chi connectivity index (χ0) is 24.9. The molecule has 1 fully saturated rings. The van der Waals surface area contributed by atoms with Gasteiger partial charge in [0, 0.05) is 29.9 Å². The number of carbonyl (C=O) groups is 3. The van der Waals surface area contributed by atoms with E-state index in [1.807, 2.05) is 19.2 Å². The zero-order valence-corrected chi connectivity index (χ0v) is 21.0. The number of hydrogen-bond acceptors (Lipinski definition) is 5. The lowest BCUT2D eigenvalue weighted by atomic mass is 9.79.